The molecule has 0 saturated carbocycles. The number of benzene rings is 2. The first-order chi connectivity index (χ1) is 14.4. The molecule has 0 amide bonds. The van der Waals surface area contributed by atoms with Gasteiger partial charge >= 0.3 is 0 Å². The van der Waals surface area contributed by atoms with Crippen molar-refractivity contribution in [3.63, 3.8) is 0 Å². The van der Waals surface area contributed by atoms with Gasteiger partial charge in [-0.2, -0.15) is 5.10 Å². The third kappa shape index (κ3) is 4.34. The van der Waals surface area contributed by atoms with Gasteiger partial charge < -0.3 is 9.84 Å². The highest BCUT2D eigenvalue weighted by molar-refractivity contribution is 7.99. The van der Waals surface area contributed by atoms with Gasteiger partial charge in [0.25, 0.3) is 10.0 Å². The molecular formula is C20H20N4O4S2. The number of nitrogens with zero attached hydrogens (tertiary/aromatic N) is 2. The maximum Gasteiger partial charge on any atom is 0.265 e. The van der Waals surface area contributed by atoms with Crippen molar-refractivity contribution in [2.75, 3.05) is 11.3 Å². The average molecular weight is 445 g/mol. The Morgan fingerprint density at radius 3 is 2.63 bits per heavy atom. The fraction of sp³-hybridized carbons (Fsp3) is 0.100. The fourth-order valence-electron chi connectivity index (χ4n) is 2.77. The quantitative estimate of drug-likeness (QED) is 0.257. The smallest absolute Gasteiger partial charge is 0.265 e. The lowest BCUT2D eigenvalue weighted by Gasteiger charge is -2.16. The van der Waals surface area contributed by atoms with Crippen LogP contribution in [0.25, 0.3) is 10.8 Å². The van der Waals surface area contributed by atoms with Gasteiger partial charge in [0.05, 0.1) is 17.2 Å². The van der Waals surface area contributed by atoms with Crippen LogP contribution in [-0.4, -0.2) is 35.3 Å². The van der Waals surface area contributed by atoms with E-state index in [2.05, 4.69) is 33.1 Å². The lowest BCUT2D eigenvalue weighted by Crippen LogP contribution is -2.16. The van der Waals surface area contributed by atoms with Crippen molar-refractivity contribution < 1.29 is 18.3 Å². The molecule has 0 aliphatic heterocycles. The van der Waals surface area contributed by atoms with E-state index in [0.717, 1.165) is 11.8 Å². The minimum atomic E-state index is -4.05. The van der Waals surface area contributed by atoms with Crippen LogP contribution < -0.4 is 4.72 Å². The SMILES string of the molecule is C=C/C(OCC)=C(\C=C)S(=O)(=O)Nc1cc(Sc2ncn[nH]2)c(O)c2ccccc12. The van der Waals surface area contributed by atoms with Crippen molar-refractivity contribution in [3.05, 3.63) is 72.6 Å². The van der Waals surface area contributed by atoms with E-state index in [4.69, 9.17) is 4.74 Å². The molecule has 0 radical (unpaired) electrons. The zero-order valence-corrected chi connectivity index (χ0v) is 17.8. The number of H-pyrrole nitrogens is 1. The molecule has 0 fully saturated rings. The summed E-state index contributed by atoms with van der Waals surface area (Å²) in [5, 5.41) is 18.6. The zero-order chi connectivity index (χ0) is 21.7. The maximum atomic E-state index is 13.1. The molecule has 3 N–H and O–H groups in total. The van der Waals surface area contributed by atoms with Crippen LogP contribution in [0.5, 0.6) is 5.75 Å². The van der Waals surface area contributed by atoms with Crippen molar-refractivity contribution in [1.82, 2.24) is 15.2 Å². The summed E-state index contributed by atoms with van der Waals surface area (Å²) < 4.78 is 34.1. The number of phenolic OH excluding ortho intramolecular Hbond substituents is 1. The largest absolute Gasteiger partial charge is 0.506 e. The predicted octanol–water partition coefficient (Wildman–Crippen LogP) is 4.18. The third-order valence-electron chi connectivity index (χ3n) is 4.03. The molecule has 156 valence electrons. The van der Waals surface area contributed by atoms with Gasteiger partial charge in [-0.1, -0.05) is 37.4 Å². The first-order valence-electron chi connectivity index (χ1n) is 8.84. The van der Waals surface area contributed by atoms with Gasteiger partial charge in [0.2, 0.25) is 0 Å². The number of sulfonamides is 1. The number of nitrogens with one attached hydrogen (secondary N) is 2. The highest BCUT2D eigenvalue weighted by atomic mass is 32.2. The molecule has 30 heavy (non-hydrogen) atoms. The monoisotopic (exact) mass is 444 g/mol. The number of ether oxygens (including phenoxy) is 1. The van der Waals surface area contributed by atoms with Crippen molar-refractivity contribution in [2.45, 2.75) is 17.0 Å². The molecule has 0 aliphatic rings. The number of aromatic nitrogens is 3. The summed E-state index contributed by atoms with van der Waals surface area (Å²) in [5.41, 5.74) is 0.282. The molecule has 10 heteroatoms. The van der Waals surface area contributed by atoms with Crippen molar-refractivity contribution in [3.8, 4) is 5.75 Å². The van der Waals surface area contributed by atoms with E-state index >= 15 is 0 Å². The number of aromatic hydroxyl groups is 1. The van der Waals surface area contributed by atoms with Gasteiger partial charge in [0.15, 0.2) is 5.16 Å². The van der Waals surface area contributed by atoms with E-state index < -0.39 is 10.0 Å². The Kier molecular flexibility index (Phi) is 6.48. The Balaban J connectivity index is 2.14. The summed E-state index contributed by atoms with van der Waals surface area (Å²) in [5.74, 6) is 0.106. The number of aromatic amines is 1. The molecule has 2 aromatic carbocycles. The number of hydrogen-bond donors (Lipinski definition) is 3. The number of anilines is 1. The van der Waals surface area contributed by atoms with Crippen molar-refractivity contribution >= 4 is 38.2 Å². The normalized spacial score (nSPS) is 12.3. The summed E-state index contributed by atoms with van der Waals surface area (Å²) in [6.07, 6.45) is 3.86. The van der Waals surface area contributed by atoms with E-state index in [1.54, 1.807) is 31.2 Å². The van der Waals surface area contributed by atoms with E-state index in [1.165, 1.54) is 24.5 Å². The van der Waals surface area contributed by atoms with Crippen LogP contribution in [0.4, 0.5) is 5.69 Å². The van der Waals surface area contributed by atoms with Crippen LogP contribution in [0.3, 0.4) is 0 Å². The van der Waals surface area contributed by atoms with Crippen LogP contribution in [0, 0.1) is 0 Å². The first-order valence-corrected chi connectivity index (χ1v) is 11.1. The second-order valence-electron chi connectivity index (χ2n) is 5.88. The minimum Gasteiger partial charge on any atom is -0.506 e. The molecule has 3 rings (SSSR count). The summed E-state index contributed by atoms with van der Waals surface area (Å²) in [7, 11) is -4.05. The van der Waals surface area contributed by atoms with Gasteiger partial charge in [-0.05, 0) is 36.9 Å². The summed E-state index contributed by atoms with van der Waals surface area (Å²) in [6.45, 7) is 9.22. The second-order valence-corrected chi connectivity index (χ2v) is 8.57. The highest BCUT2D eigenvalue weighted by Crippen LogP contribution is 2.42. The lowest BCUT2D eigenvalue weighted by atomic mass is 10.1. The Bertz CT molecular complexity index is 1220. The fourth-order valence-corrected chi connectivity index (χ4v) is 4.76. The molecule has 8 nitrogen and oxygen atoms in total. The van der Waals surface area contributed by atoms with E-state index in [-0.39, 0.29) is 28.7 Å². The summed E-state index contributed by atoms with van der Waals surface area (Å²) in [4.78, 5) is 4.30. The minimum absolute atomic E-state index is 0.00975. The van der Waals surface area contributed by atoms with Gasteiger partial charge in [-0.25, -0.2) is 13.4 Å². The third-order valence-corrected chi connectivity index (χ3v) is 6.38. The van der Waals surface area contributed by atoms with Crippen LogP contribution >= 0.6 is 11.8 Å². The zero-order valence-electron chi connectivity index (χ0n) is 16.1. The number of allylic oxidation sites excluding steroid dienone is 2. The number of fused-ring (bicyclic) bond motifs is 1. The van der Waals surface area contributed by atoms with Crippen LogP contribution in [0.15, 0.2) is 82.7 Å². The van der Waals surface area contributed by atoms with E-state index in [0.29, 0.717) is 20.8 Å². The van der Waals surface area contributed by atoms with E-state index in [9.17, 15) is 13.5 Å². The van der Waals surface area contributed by atoms with Crippen LogP contribution in [-0.2, 0) is 14.8 Å². The molecule has 0 spiro atoms. The summed E-state index contributed by atoms with van der Waals surface area (Å²) in [6, 6.07) is 8.46. The van der Waals surface area contributed by atoms with E-state index in [1.807, 2.05) is 0 Å². The van der Waals surface area contributed by atoms with Crippen molar-refractivity contribution in [1.29, 1.82) is 0 Å². The summed E-state index contributed by atoms with van der Waals surface area (Å²) >= 11 is 1.12. The topological polar surface area (TPSA) is 117 Å². The molecule has 0 saturated heterocycles. The average Bonchev–Trinajstić information content (AvgIpc) is 3.24. The molecule has 0 unspecified atom stereocenters. The maximum absolute atomic E-state index is 13.1. The molecule has 1 aromatic heterocycles. The van der Waals surface area contributed by atoms with Gasteiger partial charge in [-0.3, -0.25) is 9.82 Å². The Labute approximate surface area is 178 Å². The van der Waals surface area contributed by atoms with Crippen molar-refractivity contribution in [2.24, 2.45) is 0 Å². The number of rotatable bonds is 9. The number of phenols is 1. The Morgan fingerprint density at radius 1 is 1.30 bits per heavy atom. The molecular weight excluding hydrogens is 424 g/mol. The molecule has 0 aliphatic carbocycles. The van der Waals surface area contributed by atoms with Gasteiger partial charge in [-0.15, -0.1) is 0 Å². The van der Waals surface area contributed by atoms with Gasteiger partial charge in [0.1, 0.15) is 22.7 Å². The molecule has 0 bridgehead atoms. The molecule has 0 atom stereocenters. The molecule has 3 aromatic rings. The second kappa shape index (κ2) is 9.06. The van der Waals surface area contributed by atoms with Gasteiger partial charge in [0, 0.05) is 10.8 Å². The van der Waals surface area contributed by atoms with Crippen LogP contribution in [0.2, 0.25) is 0 Å². The van der Waals surface area contributed by atoms with Crippen LogP contribution in [0.1, 0.15) is 6.92 Å². The number of hydrogen-bond acceptors (Lipinski definition) is 7. The Morgan fingerprint density at radius 2 is 2.03 bits per heavy atom. The first kappa shape index (κ1) is 21.5. The standard InChI is InChI=1S/C20H20N4O4S2/c1-4-16(28-6-3)18(5-2)30(26,27)24-15-11-17(29-20-21-12-22-23-20)19(25)14-10-8-7-9-13(14)15/h4-5,7-12,24-25H,1-2,6H2,3H3,(H,21,22,23)/b18-16-. The highest BCUT2D eigenvalue weighted by Gasteiger charge is 2.22. The Hall–Kier alpha value is -3.24. The predicted molar refractivity (Wildman–Crippen MR) is 118 cm³/mol. The molecule has 1 heterocycles. The lowest BCUT2D eigenvalue weighted by molar-refractivity contribution is 0.242.